The molecular formula is C6H9NOS. The Hall–Kier alpha value is -0.830. The monoisotopic (exact) mass is 143 g/mol. The quantitative estimate of drug-likeness (QED) is 0.583. The van der Waals surface area contributed by atoms with Gasteiger partial charge in [0.25, 0.3) is 0 Å². The lowest BCUT2D eigenvalue weighted by Gasteiger charge is -1.60. The molecule has 1 aromatic rings. The lowest BCUT2D eigenvalue weighted by Crippen LogP contribution is -2.01. The summed E-state index contributed by atoms with van der Waals surface area (Å²) in [5.41, 5.74) is 4.47. The number of nitrogens with two attached hydrogens (primary N) is 1. The summed E-state index contributed by atoms with van der Waals surface area (Å²) in [5, 5.41) is 4.08. The number of hydrogen-bond donors (Lipinski definition) is 1. The van der Waals surface area contributed by atoms with Crippen molar-refractivity contribution in [3.63, 3.8) is 0 Å². The zero-order valence-electron chi connectivity index (χ0n) is 5.20. The molecule has 0 atom stereocenters. The molecule has 9 heavy (non-hydrogen) atoms. The standard InChI is InChI=1S/C4H4S.C2H5NO/c1-2-4-5-3-1;1-2(3)4/h1-4H;1H3,(H2,3,4). The number of primary amides is 1. The molecule has 1 amide bonds. The predicted molar refractivity (Wildman–Crippen MR) is 39.2 cm³/mol. The summed E-state index contributed by atoms with van der Waals surface area (Å²) in [6, 6.07) is 4.04. The van der Waals surface area contributed by atoms with Crippen LogP contribution in [0.1, 0.15) is 6.92 Å². The minimum absolute atomic E-state index is 0.333. The Morgan fingerprint density at radius 2 is 1.78 bits per heavy atom. The Kier molecular flexibility index (Phi) is 4.82. The second kappa shape index (κ2) is 5.31. The molecule has 1 rings (SSSR count). The van der Waals surface area contributed by atoms with Gasteiger partial charge in [-0.2, -0.15) is 11.3 Å². The molecular weight excluding hydrogens is 134 g/mol. The van der Waals surface area contributed by atoms with Crippen LogP contribution < -0.4 is 5.73 Å². The summed E-state index contributed by atoms with van der Waals surface area (Å²) in [4.78, 5) is 9.22. The fourth-order valence-corrected chi connectivity index (χ4v) is 0.680. The van der Waals surface area contributed by atoms with E-state index in [-0.39, 0.29) is 5.91 Å². The molecule has 0 fully saturated rings. The van der Waals surface area contributed by atoms with E-state index < -0.39 is 0 Å². The highest BCUT2D eigenvalue weighted by Crippen LogP contribution is 1.91. The number of rotatable bonds is 0. The van der Waals surface area contributed by atoms with Gasteiger partial charge in [0.1, 0.15) is 0 Å². The van der Waals surface area contributed by atoms with Crippen LogP contribution in [0.5, 0.6) is 0 Å². The third kappa shape index (κ3) is 11.0. The molecule has 50 valence electrons. The van der Waals surface area contributed by atoms with Crippen molar-refractivity contribution in [1.82, 2.24) is 0 Å². The summed E-state index contributed by atoms with van der Waals surface area (Å²) in [6.07, 6.45) is 0. The van der Waals surface area contributed by atoms with Crippen molar-refractivity contribution in [2.45, 2.75) is 6.92 Å². The van der Waals surface area contributed by atoms with Crippen molar-refractivity contribution in [2.75, 3.05) is 0 Å². The molecule has 0 spiro atoms. The van der Waals surface area contributed by atoms with E-state index in [2.05, 4.69) is 5.73 Å². The Morgan fingerprint density at radius 3 is 1.89 bits per heavy atom. The first-order chi connectivity index (χ1) is 4.23. The molecule has 0 aliphatic rings. The van der Waals surface area contributed by atoms with Crippen LogP contribution in [0.15, 0.2) is 22.9 Å². The van der Waals surface area contributed by atoms with E-state index in [1.165, 1.54) is 6.92 Å². The maximum absolute atomic E-state index is 9.22. The summed E-state index contributed by atoms with van der Waals surface area (Å²) in [5.74, 6) is -0.333. The highest BCUT2D eigenvalue weighted by atomic mass is 32.1. The minimum atomic E-state index is -0.333. The Balaban J connectivity index is 0.000000148. The van der Waals surface area contributed by atoms with Crippen molar-refractivity contribution < 1.29 is 4.79 Å². The summed E-state index contributed by atoms with van der Waals surface area (Å²) in [7, 11) is 0. The third-order valence-electron chi connectivity index (χ3n) is 0.425. The second-order valence-electron chi connectivity index (χ2n) is 1.40. The van der Waals surface area contributed by atoms with Gasteiger partial charge in [0, 0.05) is 6.92 Å². The number of thiophene rings is 1. The van der Waals surface area contributed by atoms with Crippen LogP contribution >= 0.6 is 11.3 Å². The Morgan fingerprint density at radius 1 is 1.44 bits per heavy atom. The minimum Gasteiger partial charge on any atom is -0.370 e. The van der Waals surface area contributed by atoms with Crippen LogP contribution in [0.4, 0.5) is 0 Å². The molecule has 0 bridgehead atoms. The zero-order valence-corrected chi connectivity index (χ0v) is 6.02. The number of amides is 1. The molecule has 0 saturated heterocycles. The maximum atomic E-state index is 9.22. The second-order valence-corrected chi connectivity index (χ2v) is 2.22. The summed E-state index contributed by atoms with van der Waals surface area (Å²) >= 11 is 1.71. The topological polar surface area (TPSA) is 43.1 Å². The van der Waals surface area contributed by atoms with E-state index >= 15 is 0 Å². The Bertz CT molecular complexity index is 127. The van der Waals surface area contributed by atoms with Gasteiger partial charge < -0.3 is 5.73 Å². The third-order valence-corrected chi connectivity index (χ3v) is 1.05. The fraction of sp³-hybridized carbons (Fsp3) is 0.167. The van der Waals surface area contributed by atoms with Crippen molar-refractivity contribution in [2.24, 2.45) is 5.73 Å². The summed E-state index contributed by atoms with van der Waals surface area (Å²) in [6.45, 7) is 1.31. The van der Waals surface area contributed by atoms with Gasteiger partial charge in [0.05, 0.1) is 0 Å². The number of hydrogen-bond acceptors (Lipinski definition) is 2. The van der Waals surface area contributed by atoms with E-state index in [4.69, 9.17) is 0 Å². The van der Waals surface area contributed by atoms with E-state index in [9.17, 15) is 4.79 Å². The van der Waals surface area contributed by atoms with Crippen LogP contribution in [-0.4, -0.2) is 5.91 Å². The maximum Gasteiger partial charge on any atom is 0.214 e. The molecule has 2 N–H and O–H groups in total. The number of carbonyl (C=O) groups excluding carboxylic acids is 1. The zero-order chi connectivity index (χ0) is 7.11. The van der Waals surface area contributed by atoms with Crippen molar-refractivity contribution >= 4 is 17.2 Å². The Labute approximate surface area is 58.3 Å². The van der Waals surface area contributed by atoms with Crippen LogP contribution in [-0.2, 0) is 4.79 Å². The van der Waals surface area contributed by atoms with Gasteiger partial charge in [-0.3, -0.25) is 4.79 Å². The van der Waals surface area contributed by atoms with Gasteiger partial charge in [-0.05, 0) is 10.8 Å². The van der Waals surface area contributed by atoms with Crippen molar-refractivity contribution in [3.05, 3.63) is 22.9 Å². The van der Waals surface area contributed by atoms with Crippen LogP contribution in [0.3, 0.4) is 0 Å². The van der Waals surface area contributed by atoms with E-state index in [1.807, 2.05) is 22.9 Å². The molecule has 0 radical (unpaired) electrons. The smallest absolute Gasteiger partial charge is 0.214 e. The first kappa shape index (κ1) is 8.17. The largest absolute Gasteiger partial charge is 0.370 e. The van der Waals surface area contributed by atoms with Gasteiger partial charge in [0.2, 0.25) is 5.91 Å². The van der Waals surface area contributed by atoms with Crippen molar-refractivity contribution in [3.8, 4) is 0 Å². The molecule has 1 heterocycles. The lowest BCUT2D eigenvalue weighted by atomic mass is 10.7. The highest BCUT2D eigenvalue weighted by molar-refractivity contribution is 7.07. The molecule has 0 aromatic carbocycles. The van der Waals surface area contributed by atoms with Gasteiger partial charge in [-0.1, -0.05) is 12.1 Å². The average Bonchev–Trinajstić information content (AvgIpc) is 2.11. The predicted octanol–water partition coefficient (Wildman–Crippen LogP) is 1.24. The lowest BCUT2D eigenvalue weighted by molar-refractivity contribution is -0.115. The van der Waals surface area contributed by atoms with Gasteiger partial charge in [-0.25, -0.2) is 0 Å². The SMILES string of the molecule is CC(N)=O.c1ccsc1. The van der Waals surface area contributed by atoms with Gasteiger partial charge in [-0.15, -0.1) is 0 Å². The first-order valence-corrected chi connectivity index (χ1v) is 3.41. The van der Waals surface area contributed by atoms with E-state index in [0.29, 0.717) is 0 Å². The van der Waals surface area contributed by atoms with E-state index in [0.717, 1.165) is 0 Å². The first-order valence-electron chi connectivity index (χ1n) is 2.46. The molecule has 0 unspecified atom stereocenters. The number of carbonyl (C=O) groups is 1. The summed E-state index contributed by atoms with van der Waals surface area (Å²) < 4.78 is 0. The van der Waals surface area contributed by atoms with Crippen LogP contribution in [0.25, 0.3) is 0 Å². The van der Waals surface area contributed by atoms with Crippen molar-refractivity contribution in [1.29, 1.82) is 0 Å². The average molecular weight is 143 g/mol. The fourth-order valence-electron chi connectivity index (χ4n) is 0.227. The molecule has 3 heteroatoms. The molecule has 1 aromatic heterocycles. The molecule has 2 nitrogen and oxygen atoms in total. The molecule has 0 aliphatic carbocycles. The molecule has 0 saturated carbocycles. The molecule has 0 aliphatic heterocycles. The van der Waals surface area contributed by atoms with Crippen LogP contribution in [0, 0.1) is 0 Å². The van der Waals surface area contributed by atoms with Crippen LogP contribution in [0.2, 0.25) is 0 Å². The van der Waals surface area contributed by atoms with Gasteiger partial charge >= 0.3 is 0 Å². The highest BCUT2D eigenvalue weighted by Gasteiger charge is 1.61. The van der Waals surface area contributed by atoms with Gasteiger partial charge in [0.15, 0.2) is 0 Å². The normalized spacial score (nSPS) is 7.22. The van der Waals surface area contributed by atoms with E-state index in [1.54, 1.807) is 11.3 Å².